The van der Waals surface area contributed by atoms with Crippen LogP contribution in [0.5, 0.6) is 0 Å². The summed E-state index contributed by atoms with van der Waals surface area (Å²) >= 11 is 0. The number of guanidine groups is 1. The van der Waals surface area contributed by atoms with Gasteiger partial charge in [0, 0.05) is 6.54 Å². The summed E-state index contributed by atoms with van der Waals surface area (Å²) in [4.78, 5) is 4.26. The summed E-state index contributed by atoms with van der Waals surface area (Å²) in [5, 5.41) is 9.30. The molecule has 5 nitrogen and oxygen atoms in total. The van der Waals surface area contributed by atoms with Crippen molar-refractivity contribution in [2.24, 2.45) is 16.6 Å². The molecule has 1 aliphatic rings. The second kappa shape index (κ2) is 8.44. The maximum absolute atomic E-state index is 14.1. The molecule has 5 N–H and O–H groups in total. The van der Waals surface area contributed by atoms with Crippen molar-refractivity contribution in [3.8, 4) is 0 Å². The highest BCUT2D eigenvalue weighted by Gasteiger charge is 2.34. The van der Waals surface area contributed by atoms with Gasteiger partial charge in [0.1, 0.15) is 11.8 Å². The first-order valence-electron chi connectivity index (χ1n) is 8.70. The van der Waals surface area contributed by atoms with Gasteiger partial charge in [-0.05, 0) is 38.2 Å². The van der Waals surface area contributed by atoms with Crippen molar-refractivity contribution in [2.45, 2.75) is 58.2 Å². The molecule has 0 bridgehead atoms. The third-order valence-corrected chi connectivity index (χ3v) is 4.43. The van der Waals surface area contributed by atoms with Gasteiger partial charge in [0.05, 0.1) is 0 Å². The van der Waals surface area contributed by atoms with Crippen LogP contribution in [-0.4, -0.2) is 30.6 Å². The lowest BCUT2D eigenvalue weighted by atomic mass is 9.97. The molecule has 24 heavy (non-hydrogen) atoms. The molecule has 1 heterocycles. The van der Waals surface area contributed by atoms with Gasteiger partial charge >= 0.3 is 0 Å². The summed E-state index contributed by atoms with van der Waals surface area (Å²) in [6.07, 6.45) is 2.33. The number of halogens is 1. The van der Waals surface area contributed by atoms with Crippen LogP contribution in [0.1, 0.15) is 39.2 Å². The molecule has 3 unspecified atom stereocenters. The smallest absolute Gasteiger partial charge is 0.192 e. The number of alkyl halides is 1. The Morgan fingerprint density at radius 2 is 2.04 bits per heavy atom. The minimum absolute atomic E-state index is 0.263. The molecule has 6 heteroatoms. The second-order valence-electron chi connectivity index (χ2n) is 6.93. The van der Waals surface area contributed by atoms with Crippen LogP contribution in [0, 0.1) is 5.92 Å². The normalized spacial score (nSPS) is 22.6. The molecule has 0 saturated heterocycles. The lowest BCUT2D eigenvalue weighted by Gasteiger charge is -2.36. The third kappa shape index (κ3) is 5.76. The van der Waals surface area contributed by atoms with E-state index in [4.69, 9.17) is 5.73 Å². The molecule has 1 aromatic rings. The van der Waals surface area contributed by atoms with Crippen molar-refractivity contribution >= 4 is 5.96 Å². The summed E-state index contributed by atoms with van der Waals surface area (Å²) in [5.41, 5.74) is 5.70. The highest BCUT2D eigenvalue weighted by molar-refractivity contribution is 5.79. The Hall–Kier alpha value is -1.66. The summed E-state index contributed by atoms with van der Waals surface area (Å²) in [6, 6.07) is 10.5. The van der Waals surface area contributed by atoms with Gasteiger partial charge in [-0.25, -0.2) is 9.38 Å². The van der Waals surface area contributed by atoms with Crippen molar-refractivity contribution in [1.29, 1.82) is 0 Å². The number of nitrogens with zero attached hydrogens (tertiary/aromatic N) is 1. The molecule has 0 saturated carbocycles. The molecule has 0 radical (unpaired) electrons. The molecule has 3 atom stereocenters. The fourth-order valence-electron chi connectivity index (χ4n) is 2.78. The van der Waals surface area contributed by atoms with Crippen LogP contribution < -0.4 is 21.7 Å². The van der Waals surface area contributed by atoms with E-state index in [0.717, 1.165) is 25.8 Å². The summed E-state index contributed by atoms with van der Waals surface area (Å²) < 4.78 is 14.1. The van der Waals surface area contributed by atoms with Crippen molar-refractivity contribution in [2.75, 3.05) is 6.54 Å². The van der Waals surface area contributed by atoms with E-state index in [2.05, 4.69) is 52.1 Å². The zero-order valence-electron chi connectivity index (χ0n) is 14.8. The van der Waals surface area contributed by atoms with E-state index in [9.17, 15) is 4.39 Å². The van der Waals surface area contributed by atoms with Crippen molar-refractivity contribution in [3.05, 3.63) is 35.9 Å². The molecule has 0 aromatic heterocycles. The summed E-state index contributed by atoms with van der Waals surface area (Å²) in [6.45, 7) is 6.04. The predicted octanol–water partition coefficient (Wildman–Crippen LogP) is 2.10. The standard InChI is InChI=1S/C18H30FN5/c1-4-13(10-11-14-8-6-5-7-9-14)12-21-17-23-15(18(2,3)19)22-16(20)24-17/h5-9,13,15,17,21,23H,4,10-12H2,1-3H3,(H3,20,22,24). The Bertz CT molecular complexity index is 526. The van der Waals surface area contributed by atoms with Gasteiger partial charge in [-0.2, -0.15) is 0 Å². The molecule has 0 amide bonds. The van der Waals surface area contributed by atoms with Crippen LogP contribution in [0.4, 0.5) is 4.39 Å². The van der Waals surface area contributed by atoms with Crippen molar-refractivity contribution < 1.29 is 4.39 Å². The molecule has 2 rings (SSSR count). The summed E-state index contributed by atoms with van der Waals surface area (Å²) in [5.74, 6) is 0.800. The first-order chi connectivity index (χ1) is 11.4. The van der Waals surface area contributed by atoms with Gasteiger partial charge in [0.15, 0.2) is 12.2 Å². The molecule has 0 aliphatic carbocycles. The quantitative estimate of drug-likeness (QED) is 0.587. The largest absolute Gasteiger partial charge is 0.370 e. The van der Waals surface area contributed by atoms with Gasteiger partial charge < -0.3 is 11.1 Å². The molecular formula is C18H30FN5. The van der Waals surface area contributed by atoms with Crippen LogP contribution in [-0.2, 0) is 6.42 Å². The van der Waals surface area contributed by atoms with E-state index < -0.39 is 11.8 Å². The zero-order chi connectivity index (χ0) is 17.6. The van der Waals surface area contributed by atoms with Gasteiger partial charge in [0.25, 0.3) is 0 Å². The number of nitrogens with two attached hydrogens (primary N) is 1. The molecule has 0 spiro atoms. The minimum atomic E-state index is -1.43. The molecule has 134 valence electrons. The fraction of sp³-hybridized carbons (Fsp3) is 0.611. The minimum Gasteiger partial charge on any atom is -0.370 e. The third-order valence-electron chi connectivity index (χ3n) is 4.43. The SMILES string of the molecule is CCC(CCc1ccccc1)CNC1N=C(N)NC(C(C)(C)F)N1. The van der Waals surface area contributed by atoms with Gasteiger partial charge in [0.2, 0.25) is 0 Å². The number of aryl methyl sites for hydroxylation is 1. The number of benzene rings is 1. The Labute approximate surface area is 144 Å². The Balaban J connectivity index is 1.82. The zero-order valence-corrected chi connectivity index (χ0v) is 14.8. The Morgan fingerprint density at radius 1 is 1.33 bits per heavy atom. The number of hydrogen-bond acceptors (Lipinski definition) is 5. The predicted molar refractivity (Wildman–Crippen MR) is 97.2 cm³/mol. The van der Waals surface area contributed by atoms with Crippen LogP contribution in [0.2, 0.25) is 0 Å². The first-order valence-corrected chi connectivity index (χ1v) is 8.70. The maximum atomic E-state index is 14.1. The highest BCUT2D eigenvalue weighted by Crippen LogP contribution is 2.15. The fourth-order valence-corrected chi connectivity index (χ4v) is 2.78. The first kappa shape index (κ1) is 18.7. The van der Waals surface area contributed by atoms with Crippen molar-refractivity contribution in [1.82, 2.24) is 16.0 Å². The lowest BCUT2D eigenvalue weighted by molar-refractivity contribution is 0.118. The number of nitrogens with one attached hydrogen (secondary N) is 3. The van der Waals surface area contributed by atoms with Crippen LogP contribution in [0.3, 0.4) is 0 Å². The van der Waals surface area contributed by atoms with Crippen LogP contribution >= 0.6 is 0 Å². The average Bonchev–Trinajstić information content (AvgIpc) is 2.54. The molecule has 1 aromatic carbocycles. The van der Waals surface area contributed by atoms with Crippen molar-refractivity contribution in [3.63, 3.8) is 0 Å². The Kier molecular flexibility index (Phi) is 6.57. The maximum Gasteiger partial charge on any atom is 0.192 e. The topological polar surface area (TPSA) is 74.5 Å². The lowest BCUT2D eigenvalue weighted by Crippen LogP contribution is -2.66. The monoisotopic (exact) mass is 335 g/mol. The van der Waals surface area contributed by atoms with E-state index in [0.29, 0.717) is 5.92 Å². The Morgan fingerprint density at radius 3 is 2.67 bits per heavy atom. The van der Waals surface area contributed by atoms with Gasteiger partial charge in [-0.15, -0.1) is 0 Å². The molecular weight excluding hydrogens is 305 g/mol. The van der Waals surface area contributed by atoms with E-state index in [-0.39, 0.29) is 12.2 Å². The summed E-state index contributed by atoms with van der Waals surface area (Å²) in [7, 11) is 0. The number of hydrogen-bond donors (Lipinski definition) is 4. The number of aliphatic imine (C=N–C) groups is 1. The molecule has 1 aliphatic heterocycles. The van der Waals surface area contributed by atoms with Gasteiger partial charge in [-0.3, -0.25) is 10.6 Å². The van der Waals surface area contributed by atoms with E-state index in [1.54, 1.807) is 0 Å². The molecule has 0 fully saturated rings. The van der Waals surface area contributed by atoms with E-state index >= 15 is 0 Å². The van der Waals surface area contributed by atoms with Gasteiger partial charge in [-0.1, -0.05) is 43.7 Å². The second-order valence-corrected chi connectivity index (χ2v) is 6.93. The highest BCUT2D eigenvalue weighted by atomic mass is 19.1. The average molecular weight is 335 g/mol. The van der Waals surface area contributed by atoms with Crippen LogP contribution in [0.15, 0.2) is 35.3 Å². The van der Waals surface area contributed by atoms with E-state index in [1.165, 1.54) is 19.4 Å². The van der Waals surface area contributed by atoms with Crippen LogP contribution in [0.25, 0.3) is 0 Å². The van der Waals surface area contributed by atoms with E-state index in [1.807, 2.05) is 6.07 Å². The number of rotatable bonds is 8.